The van der Waals surface area contributed by atoms with Gasteiger partial charge in [0, 0.05) is 8.95 Å². The monoisotopic (exact) mass is 433 g/mol. The maximum absolute atomic E-state index is 12.3. The van der Waals surface area contributed by atoms with Crippen molar-refractivity contribution in [3.8, 4) is 0 Å². The molecule has 0 atom stereocenters. The normalized spacial score (nSPS) is 11.1. The van der Waals surface area contributed by atoms with E-state index in [0.717, 1.165) is 0 Å². The minimum atomic E-state index is -3.89. The highest BCUT2D eigenvalue weighted by molar-refractivity contribution is 9.10. The van der Waals surface area contributed by atoms with Gasteiger partial charge in [-0.3, -0.25) is 4.72 Å². The Balaban J connectivity index is 2.47. The molecule has 0 aliphatic rings. The van der Waals surface area contributed by atoms with E-state index in [9.17, 15) is 13.2 Å². The molecule has 0 aliphatic carbocycles. The van der Waals surface area contributed by atoms with Crippen LogP contribution in [0.5, 0.6) is 0 Å². The van der Waals surface area contributed by atoms with Gasteiger partial charge < -0.3 is 5.11 Å². The van der Waals surface area contributed by atoms with Gasteiger partial charge in [0.25, 0.3) is 10.0 Å². The van der Waals surface area contributed by atoms with Gasteiger partial charge in [0.05, 0.1) is 11.3 Å². The van der Waals surface area contributed by atoms with E-state index in [1.807, 2.05) is 0 Å². The standard InChI is InChI=1S/C13H9Br2NO4S/c14-8-5-6-11(9(7-8)13(17)18)16-21(19,20)12-4-2-1-3-10(12)15/h1-7,16H,(H,17,18). The Morgan fingerprint density at radius 3 is 2.38 bits per heavy atom. The van der Waals surface area contributed by atoms with Crippen molar-refractivity contribution in [3.05, 3.63) is 57.0 Å². The molecular formula is C13H9Br2NO4S. The summed E-state index contributed by atoms with van der Waals surface area (Å²) in [5.74, 6) is -1.22. The summed E-state index contributed by atoms with van der Waals surface area (Å²) >= 11 is 6.31. The van der Waals surface area contributed by atoms with Gasteiger partial charge in [-0.05, 0) is 46.3 Å². The average Bonchev–Trinajstić information content (AvgIpc) is 2.40. The van der Waals surface area contributed by atoms with Gasteiger partial charge in [0.15, 0.2) is 0 Å². The van der Waals surface area contributed by atoms with Gasteiger partial charge in [0.1, 0.15) is 4.90 Å². The Hall–Kier alpha value is -1.38. The Labute approximate surface area is 138 Å². The van der Waals surface area contributed by atoms with Crippen molar-refractivity contribution < 1.29 is 18.3 Å². The van der Waals surface area contributed by atoms with Gasteiger partial charge in [-0.1, -0.05) is 28.1 Å². The number of carboxylic acid groups (broad SMARTS) is 1. The van der Waals surface area contributed by atoms with Crippen molar-refractivity contribution in [2.45, 2.75) is 4.90 Å². The highest BCUT2D eigenvalue weighted by Crippen LogP contribution is 2.27. The molecule has 0 amide bonds. The van der Waals surface area contributed by atoms with E-state index in [1.165, 1.54) is 18.2 Å². The van der Waals surface area contributed by atoms with E-state index in [-0.39, 0.29) is 16.1 Å². The molecule has 0 aromatic heterocycles. The zero-order chi connectivity index (χ0) is 15.6. The van der Waals surface area contributed by atoms with Crippen LogP contribution < -0.4 is 4.72 Å². The third-order valence-corrected chi connectivity index (χ3v) is 5.45. The Morgan fingerprint density at radius 1 is 1.10 bits per heavy atom. The smallest absolute Gasteiger partial charge is 0.337 e. The predicted octanol–water partition coefficient (Wildman–Crippen LogP) is 3.71. The van der Waals surface area contributed by atoms with E-state index in [1.54, 1.807) is 24.3 Å². The van der Waals surface area contributed by atoms with Gasteiger partial charge >= 0.3 is 5.97 Å². The summed E-state index contributed by atoms with van der Waals surface area (Å²) in [6.07, 6.45) is 0. The maximum Gasteiger partial charge on any atom is 0.337 e. The highest BCUT2D eigenvalue weighted by Gasteiger charge is 2.20. The zero-order valence-corrected chi connectivity index (χ0v) is 14.4. The lowest BCUT2D eigenvalue weighted by molar-refractivity contribution is 0.0698. The molecule has 0 heterocycles. The van der Waals surface area contributed by atoms with Crippen LogP contribution in [0.25, 0.3) is 0 Å². The molecule has 2 aromatic rings. The predicted molar refractivity (Wildman–Crippen MR) is 86.1 cm³/mol. The van der Waals surface area contributed by atoms with Crippen molar-refractivity contribution in [1.29, 1.82) is 0 Å². The van der Waals surface area contributed by atoms with Crippen LogP contribution in [-0.2, 0) is 10.0 Å². The fourth-order valence-electron chi connectivity index (χ4n) is 1.64. The molecule has 0 bridgehead atoms. The second-order valence-electron chi connectivity index (χ2n) is 4.03. The van der Waals surface area contributed by atoms with E-state index < -0.39 is 16.0 Å². The number of rotatable bonds is 4. The van der Waals surface area contributed by atoms with Crippen molar-refractivity contribution in [2.24, 2.45) is 0 Å². The number of benzene rings is 2. The number of aromatic carboxylic acids is 1. The van der Waals surface area contributed by atoms with Gasteiger partial charge in [-0.15, -0.1) is 0 Å². The first-order valence-corrected chi connectivity index (χ1v) is 8.68. The van der Waals surface area contributed by atoms with Gasteiger partial charge in [0.2, 0.25) is 0 Å². The average molecular weight is 435 g/mol. The van der Waals surface area contributed by atoms with E-state index in [4.69, 9.17) is 5.11 Å². The summed E-state index contributed by atoms with van der Waals surface area (Å²) in [4.78, 5) is 11.2. The third kappa shape index (κ3) is 3.63. The van der Waals surface area contributed by atoms with Crippen molar-refractivity contribution in [2.75, 3.05) is 4.72 Å². The lowest BCUT2D eigenvalue weighted by Crippen LogP contribution is -2.16. The zero-order valence-electron chi connectivity index (χ0n) is 10.4. The molecule has 21 heavy (non-hydrogen) atoms. The molecule has 8 heteroatoms. The van der Waals surface area contributed by atoms with Crippen LogP contribution in [0, 0.1) is 0 Å². The van der Waals surface area contributed by atoms with Gasteiger partial charge in [-0.2, -0.15) is 0 Å². The second-order valence-corrected chi connectivity index (χ2v) is 7.45. The first-order chi connectivity index (χ1) is 9.81. The maximum atomic E-state index is 12.3. The molecule has 0 radical (unpaired) electrons. The van der Waals surface area contributed by atoms with Crippen LogP contribution in [0.2, 0.25) is 0 Å². The van der Waals surface area contributed by atoms with E-state index in [0.29, 0.717) is 8.95 Å². The molecule has 0 saturated carbocycles. The summed E-state index contributed by atoms with van der Waals surface area (Å²) in [6, 6.07) is 10.6. The van der Waals surface area contributed by atoms with Crippen LogP contribution >= 0.6 is 31.9 Å². The number of anilines is 1. The molecule has 2 aromatic carbocycles. The lowest BCUT2D eigenvalue weighted by atomic mass is 10.2. The van der Waals surface area contributed by atoms with Crippen molar-refractivity contribution in [3.63, 3.8) is 0 Å². The number of sulfonamides is 1. The molecule has 2 N–H and O–H groups in total. The largest absolute Gasteiger partial charge is 0.478 e. The number of hydrogen-bond acceptors (Lipinski definition) is 3. The number of hydrogen-bond donors (Lipinski definition) is 2. The van der Waals surface area contributed by atoms with Gasteiger partial charge in [-0.25, -0.2) is 13.2 Å². The molecular weight excluding hydrogens is 426 g/mol. The molecule has 2 rings (SSSR count). The molecule has 0 aliphatic heterocycles. The third-order valence-electron chi connectivity index (χ3n) is 2.58. The highest BCUT2D eigenvalue weighted by atomic mass is 79.9. The topological polar surface area (TPSA) is 83.5 Å². The number of carboxylic acids is 1. The first-order valence-electron chi connectivity index (χ1n) is 5.61. The number of carbonyl (C=O) groups is 1. The number of nitrogens with one attached hydrogen (secondary N) is 1. The Kier molecular flexibility index (Phi) is 4.70. The van der Waals surface area contributed by atoms with Crippen LogP contribution in [0.15, 0.2) is 56.3 Å². The molecule has 110 valence electrons. The Bertz CT molecular complexity index is 806. The van der Waals surface area contributed by atoms with Crippen molar-refractivity contribution in [1.82, 2.24) is 0 Å². The fraction of sp³-hybridized carbons (Fsp3) is 0. The number of halogens is 2. The summed E-state index contributed by atoms with van der Waals surface area (Å²) in [5, 5.41) is 9.15. The van der Waals surface area contributed by atoms with Crippen LogP contribution in [0.1, 0.15) is 10.4 Å². The first kappa shape index (κ1) is 16.0. The minimum Gasteiger partial charge on any atom is -0.478 e. The van der Waals surface area contributed by atoms with Crippen LogP contribution in [0.3, 0.4) is 0 Å². The second kappa shape index (κ2) is 6.17. The molecule has 5 nitrogen and oxygen atoms in total. The SMILES string of the molecule is O=C(O)c1cc(Br)ccc1NS(=O)(=O)c1ccccc1Br. The summed E-state index contributed by atoms with van der Waals surface area (Å²) in [5.41, 5.74) is -0.138. The quantitative estimate of drug-likeness (QED) is 0.768. The van der Waals surface area contributed by atoms with Crippen LogP contribution in [-0.4, -0.2) is 19.5 Å². The van der Waals surface area contributed by atoms with E-state index >= 15 is 0 Å². The van der Waals surface area contributed by atoms with Crippen molar-refractivity contribution >= 4 is 53.5 Å². The molecule has 0 fully saturated rings. The summed E-state index contributed by atoms with van der Waals surface area (Å²) in [7, 11) is -3.89. The van der Waals surface area contributed by atoms with E-state index in [2.05, 4.69) is 36.6 Å². The Morgan fingerprint density at radius 2 is 1.76 bits per heavy atom. The molecule has 0 saturated heterocycles. The summed E-state index contributed by atoms with van der Waals surface area (Å²) < 4.78 is 27.9. The summed E-state index contributed by atoms with van der Waals surface area (Å²) in [6.45, 7) is 0. The van der Waals surface area contributed by atoms with Crippen LogP contribution in [0.4, 0.5) is 5.69 Å². The lowest BCUT2D eigenvalue weighted by Gasteiger charge is -2.12. The molecule has 0 spiro atoms. The minimum absolute atomic E-state index is 0.00135. The fourth-order valence-corrected chi connectivity index (χ4v) is 4.09. The molecule has 0 unspecified atom stereocenters.